The van der Waals surface area contributed by atoms with Crippen molar-refractivity contribution < 1.29 is 24.5 Å². The molecule has 0 aliphatic rings. The largest absolute Gasteiger partial charge is 0.467 e. The van der Waals surface area contributed by atoms with Crippen molar-refractivity contribution in [1.82, 2.24) is 5.32 Å². The van der Waals surface area contributed by atoms with Gasteiger partial charge in [-0.15, -0.1) is 12.4 Å². The molecule has 152 valence electrons. The summed E-state index contributed by atoms with van der Waals surface area (Å²) in [5.74, 6) is 9.55. The van der Waals surface area contributed by atoms with Crippen molar-refractivity contribution in [2.24, 2.45) is 5.73 Å². The number of nitrogens with one attached hydrogen (secondary N) is 1. The Bertz CT molecular complexity index is 779. The first-order valence-electron chi connectivity index (χ1n) is 8.24. The zero-order chi connectivity index (χ0) is 20.4. The van der Waals surface area contributed by atoms with Gasteiger partial charge in [0.25, 0.3) is 5.91 Å². The number of ether oxygens (including phenoxy) is 1. The van der Waals surface area contributed by atoms with Crippen LogP contribution in [0.5, 0.6) is 0 Å². The molecule has 1 aromatic carbocycles. The summed E-state index contributed by atoms with van der Waals surface area (Å²) in [4.78, 5) is 24.2. The maximum absolute atomic E-state index is 12.3. The second-order valence-electron chi connectivity index (χ2n) is 6.42. The molecule has 0 heterocycles. The number of aliphatic hydroxyl groups excluding tert-OH is 2. The van der Waals surface area contributed by atoms with E-state index in [0.717, 1.165) is 0 Å². The molecule has 1 aromatic rings. The molecule has 0 saturated carbocycles. The number of hydrogen-bond acceptors (Lipinski definition) is 6. The van der Waals surface area contributed by atoms with Crippen LogP contribution in [0.15, 0.2) is 24.3 Å². The van der Waals surface area contributed by atoms with Crippen LogP contribution in [-0.2, 0) is 9.53 Å². The van der Waals surface area contributed by atoms with Crippen LogP contribution in [-0.4, -0.2) is 53.5 Å². The van der Waals surface area contributed by atoms with E-state index in [1.807, 2.05) is 0 Å². The molecule has 0 aliphatic carbocycles. The number of carbonyl (C=O) groups excluding carboxylic acids is 2. The van der Waals surface area contributed by atoms with Gasteiger partial charge in [0.15, 0.2) is 0 Å². The number of benzene rings is 1. The summed E-state index contributed by atoms with van der Waals surface area (Å²) in [6.07, 6.45) is -0.729. The van der Waals surface area contributed by atoms with Gasteiger partial charge in [0.1, 0.15) is 6.04 Å². The zero-order valence-electron chi connectivity index (χ0n) is 16.0. The first-order chi connectivity index (χ1) is 12.7. The van der Waals surface area contributed by atoms with E-state index in [1.54, 1.807) is 38.1 Å². The summed E-state index contributed by atoms with van der Waals surface area (Å²) in [6, 6.07) is 5.44. The van der Waals surface area contributed by atoms with Crippen molar-refractivity contribution in [2.45, 2.75) is 38.0 Å². The van der Waals surface area contributed by atoms with Gasteiger partial charge in [-0.05, 0) is 50.0 Å². The van der Waals surface area contributed by atoms with Crippen LogP contribution < -0.4 is 11.1 Å². The fourth-order valence-corrected chi connectivity index (χ4v) is 1.97. The van der Waals surface area contributed by atoms with Crippen molar-refractivity contribution >= 4 is 24.3 Å². The van der Waals surface area contributed by atoms with Gasteiger partial charge in [-0.3, -0.25) is 4.79 Å². The zero-order valence-corrected chi connectivity index (χ0v) is 16.8. The smallest absolute Gasteiger partial charge is 0.330 e. The molecule has 0 saturated heterocycles. The van der Waals surface area contributed by atoms with Crippen LogP contribution >= 0.6 is 12.4 Å². The predicted octanol–water partition coefficient (Wildman–Crippen LogP) is 0.215. The second-order valence-corrected chi connectivity index (χ2v) is 6.42. The first-order valence-corrected chi connectivity index (χ1v) is 8.24. The number of carbonyl (C=O) groups is 2. The molecule has 7 nitrogen and oxygen atoms in total. The molecule has 2 atom stereocenters. The number of methoxy groups -OCH3 is 1. The molecule has 5 N–H and O–H groups in total. The fraction of sp³-hybridized carbons (Fsp3) is 0.400. The van der Waals surface area contributed by atoms with E-state index >= 15 is 0 Å². The van der Waals surface area contributed by atoms with Gasteiger partial charge in [0.05, 0.1) is 19.8 Å². The molecule has 0 spiro atoms. The monoisotopic (exact) mass is 408 g/mol. The molecule has 0 aromatic heterocycles. The summed E-state index contributed by atoms with van der Waals surface area (Å²) >= 11 is 0. The molecule has 1 amide bonds. The van der Waals surface area contributed by atoms with Crippen LogP contribution in [0.1, 0.15) is 36.2 Å². The Morgan fingerprint density at radius 3 is 2.36 bits per heavy atom. The SMILES string of the molecule is COC(=O)[C@@H](NC(=O)c1ccc(C#CC#CC[C@@H](O)CO)cc1)C(C)(C)N.Cl. The molecular formula is C20H25ClN2O5. The van der Waals surface area contributed by atoms with Gasteiger partial charge in [0, 0.05) is 23.1 Å². The summed E-state index contributed by atoms with van der Waals surface area (Å²) in [6.45, 7) is 2.89. The van der Waals surface area contributed by atoms with Crippen molar-refractivity contribution in [3.8, 4) is 23.7 Å². The predicted molar refractivity (Wildman–Crippen MR) is 108 cm³/mol. The Kier molecular flexibility index (Phi) is 10.9. The molecule has 0 fully saturated rings. The lowest BCUT2D eigenvalue weighted by atomic mass is 9.95. The number of aliphatic hydroxyl groups is 2. The molecule has 0 aliphatic heterocycles. The number of halogens is 1. The van der Waals surface area contributed by atoms with Gasteiger partial charge in [-0.2, -0.15) is 0 Å². The van der Waals surface area contributed by atoms with Crippen molar-refractivity contribution in [3.05, 3.63) is 35.4 Å². The van der Waals surface area contributed by atoms with Crippen LogP contribution in [0.25, 0.3) is 0 Å². The maximum atomic E-state index is 12.3. The number of esters is 1. The normalized spacial score (nSPS) is 12.1. The topological polar surface area (TPSA) is 122 Å². The maximum Gasteiger partial charge on any atom is 0.330 e. The highest BCUT2D eigenvalue weighted by atomic mass is 35.5. The number of rotatable bonds is 6. The van der Waals surface area contributed by atoms with Gasteiger partial charge >= 0.3 is 5.97 Å². The quantitative estimate of drug-likeness (QED) is 0.394. The molecule has 1 rings (SSSR count). The highest BCUT2D eigenvalue weighted by Crippen LogP contribution is 2.10. The summed E-state index contributed by atoms with van der Waals surface area (Å²) in [5.41, 5.74) is 5.94. The van der Waals surface area contributed by atoms with E-state index in [1.165, 1.54) is 7.11 Å². The Labute approximate surface area is 171 Å². The number of amides is 1. The Balaban J connectivity index is 0.00000729. The minimum atomic E-state index is -0.990. The number of hydrogen-bond donors (Lipinski definition) is 4. The van der Waals surface area contributed by atoms with Crippen LogP contribution in [0.3, 0.4) is 0 Å². The van der Waals surface area contributed by atoms with E-state index in [0.29, 0.717) is 11.1 Å². The molecule has 8 heteroatoms. The molecule has 28 heavy (non-hydrogen) atoms. The van der Waals surface area contributed by atoms with Crippen molar-refractivity contribution in [3.63, 3.8) is 0 Å². The lowest BCUT2D eigenvalue weighted by Crippen LogP contribution is -2.59. The summed E-state index contributed by atoms with van der Waals surface area (Å²) in [5, 5.41) is 20.4. The molecule has 0 radical (unpaired) electrons. The third kappa shape index (κ3) is 8.43. The molecule has 0 bridgehead atoms. The molecule has 0 unspecified atom stereocenters. The Morgan fingerprint density at radius 1 is 1.25 bits per heavy atom. The first kappa shape index (κ1) is 25.4. The van der Waals surface area contributed by atoms with E-state index in [2.05, 4.69) is 33.7 Å². The van der Waals surface area contributed by atoms with Crippen LogP contribution in [0.2, 0.25) is 0 Å². The Hall–Kier alpha value is -2.55. The van der Waals surface area contributed by atoms with Crippen molar-refractivity contribution in [2.75, 3.05) is 13.7 Å². The van der Waals surface area contributed by atoms with E-state index in [4.69, 9.17) is 15.9 Å². The van der Waals surface area contributed by atoms with Crippen LogP contribution in [0, 0.1) is 23.7 Å². The average Bonchev–Trinajstić information content (AvgIpc) is 2.64. The Morgan fingerprint density at radius 2 is 1.86 bits per heavy atom. The highest BCUT2D eigenvalue weighted by Gasteiger charge is 2.34. The summed E-state index contributed by atoms with van der Waals surface area (Å²) < 4.78 is 4.69. The highest BCUT2D eigenvalue weighted by molar-refractivity contribution is 5.97. The lowest BCUT2D eigenvalue weighted by molar-refractivity contribution is -0.144. The lowest BCUT2D eigenvalue weighted by Gasteiger charge is -2.28. The van der Waals surface area contributed by atoms with E-state index in [9.17, 15) is 9.59 Å². The minimum absolute atomic E-state index is 0. The van der Waals surface area contributed by atoms with E-state index < -0.39 is 29.6 Å². The average molecular weight is 409 g/mol. The fourth-order valence-electron chi connectivity index (χ4n) is 1.97. The summed E-state index contributed by atoms with van der Waals surface area (Å²) in [7, 11) is 1.23. The second kappa shape index (κ2) is 12.0. The third-order valence-corrected chi connectivity index (χ3v) is 3.51. The number of nitrogens with two attached hydrogens (primary N) is 1. The van der Waals surface area contributed by atoms with Gasteiger partial charge in [-0.1, -0.05) is 11.8 Å². The van der Waals surface area contributed by atoms with Gasteiger partial charge in [0.2, 0.25) is 0 Å². The molecular weight excluding hydrogens is 384 g/mol. The van der Waals surface area contributed by atoms with E-state index in [-0.39, 0.29) is 25.4 Å². The van der Waals surface area contributed by atoms with Crippen LogP contribution in [0.4, 0.5) is 0 Å². The minimum Gasteiger partial charge on any atom is -0.467 e. The third-order valence-electron chi connectivity index (χ3n) is 3.51. The van der Waals surface area contributed by atoms with Gasteiger partial charge in [-0.25, -0.2) is 4.79 Å². The van der Waals surface area contributed by atoms with Gasteiger partial charge < -0.3 is 26.0 Å². The standard InChI is InChI=1S/C20H24N2O5.ClH/c1-20(2,21)17(19(26)27-3)22-18(25)15-11-9-14(10-12-15)7-5-4-6-8-16(24)13-23;/h9-12,16-17,23-24H,8,13,21H2,1-3H3,(H,22,25);1H/t16-,17-;/m1./s1. The van der Waals surface area contributed by atoms with Crippen molar-refractivity contribution in [1.29, 1.82) is 0 Å².